The van der Waals surface area contributed by atoms with Crippen molar-refractivity contribution in [3.63, 3.8) is 0 Å². The molecule has 1 amide bonds. The molecule has 0 spiro atoms. The largest absolute Gasteiger partial charge is 0.481 e. The first kappa shape index (κ1) is 21.3. The van der Waals surface area contributed by atoms with E-state index in [2.05, 4.69) is 12.2 Å². The van der Waals surface area contributed by atoms with Crippen LogP contribution in [0.4, 0.5) is 0 Å². The highest BCUT2D eigenvalue weighted by molar-refractivity contribution is 5.86. The number of fused-ring (bicyclic) bond motifs is 3. The third-order valence-electron chi connectivity index (χ3n) is 8.27. The maximum atomic E-state index is 13.0. The van der Waals surface area contributed by atoms with Gasteiger partial charge in [0, 0.05) is 29.7 Å². The van der Waals surface area contributed by atoms with Crippen LogP contribution in [0.15, 0.2) is 0 Å². The summed E-state index contributed by atoms with van der Waals surface area (Å²) in [7, 11) is 0. The number of carboxylic acids is 1. The second-order valence-corrected chi connectivity index (χ2v) is 11.1. The Bertz CT molecular complexity index is 666. The average molecular weight is 392 g/mol. The standard InChI is InChI=1S/C23H37NO4/c1-21(2,3)24-20(28)17-8-7-15-14-6-9-18(25)23(5,13-11-19(26)27)16(14)10-12-22(15,17)4/h14-17H,6-13H2,1-5H3,(H,24,28)(H,26,27)/t14-,15-,16-,17+,22-,23+/m0/s1. The van der Waals surface area contributed by atoms with Crippen molar-refractivity contribution in [3.8, 4) is 0 Å². The van der Waals surface area contributed by atoms with Gasteiger partial charge in [0.25, 0.3) is 0 Å². The van der Waals surface area contributed by atoms with E-state index in [4.69, 9.17) is 5.11 Å². The number of nitrogens with one attached hydrogen (secondary N) is 1. The van der Waals surface area contributed by atoms with Crippen LogP contribution in [0.3, 0.4) is 0 Å². The van der Waals surface area contributed by atoms with E-state index in [0.29, 0.717) is 24.7 Å². The number of ketones is 1. The van der Waals surface area contributed by atoms with Crippen molar-refractivity contribution in [1.82, 2.24) is 5.32 Å². The van der Waals surface area contributed by atoms with Crippen LogP contribution < -0.4 is 5.32 Å². The first-order valence-electron chi connectivity index (χ1n) is 11.0. The van der Waals surface area contributed by atoms with Crippen LogP contribution in [0.1, 0.15) is 86.0 Å². The highest BCUT2D eigenvalue weighted by Gasteiger charge is 2.60. The van der Waals surface area contributed by atoms with E-state index in [1.165, 1.54) is 0 Å². The van der Waals surface area contributed by atoms with Gasteiger partial charge in [-0.3, -0.25) is 14.4 Å². The molecule has 3 saturated carbocycles. The lowest BCUT2D eigenvalue weighted by atomic mass is 9.48. The molecule has 5 heteroatoms. The van der Waals surface area contributed by atoms with Gasteiger partial charge in [0.1, 0.15) is 5.78 Å². The van der Waals surface area contributed by atoms with Crippen molar-refractivity contribution in [3.05, 3.63) is 0 Å². The Labute approximate surface area is 169 Å². The van der Waals surface area contributed by atoms with Gasteiger partial charge in [0.05, 0.1) is 0 Å². The maximum absolute atomic E-state index is 13.0. The Balaban J connectivity index is 1.82. The first-order chi connectivity index (χ1) is 12.9. The van der Waals surface area contributed by atoms with E-state index in [9.17, 15) is 14.4 Å². The molecule has 2 N–H and O–H groups in total. The number of Topliss-reactive ketones (excluding diaryl/α,β-unsaturated/α-hetero) is 1. The topological polar surface area (TPSA) is 83.5 Å². The van der Waals surface area contributed by atoms with E-state index in [1.807, 2.05) is 27.7 Å². The van der Waals surface area contributed by atoms with Crippen molar-refractivity contribution in [1.29, 1.82) is 0 Å². The van der Waals surface area contributed by atoms with Gasteiger partial charge in [-0.2, -0.15) is 0 Å². The molecule has 0 aromatic rings. The Hall–Kier alpha value is -1.39. The second kappa shape index (κ2) is 7.14. The molecule has 5 nitrogen and oxygen atoms in total. The van der Waals surface area contributed by atoms with Gasteiger partial charge in [0.15, 0.2) is 0 Å². The van der Waals surface area contributed by atoms with Gasteiger partial charge in [-0.05, 0) is 82.5 Å². The predicted octanol–water partition coefficient (Wildman–Crippen LogP) is 4.19. The number of rotatable bonds is 4. The van der Waals surface area contributed by atoms with Gasteiger partial charge >= 0.3 is 5.97 Å². The smallest absolute Gasteiger partial charge is 0.303 e. The molecule has 0 aliphatic heterocycles. The summed E-state index contributed by atoms with van der Waals surface area (Å²) in [4.78, 5) is 37.0. The SMILES string of the molecule is CC(C)(C)NC(=O)[C@H]1CC[C@H]2[C@@H]3CCC(=O)[C@](C)(CCC(=O)O)[C@H]3CC[C@]12C. The Morgan fingerprint density at radius 3 is 2.39 bits per heavy atom. The fraction of sp³-hybridized carbons (Fsp3) is 0.870. The average Bonchev–Trinajstić information content (AvgIpc) is 2.92. The van der Waals surface area contributed by atoms with Gasteiger partial charge < -0.3 is 10.4 Å². The number of hydrogen-bond acceptors (Lipinski definition) is 3. The second-order valence-electron chi connectivity index (χ2n) is 11.1. The van der Waals surface area contributed by atoms with E-state index >= 15 is 0 Å². The number of hydrogen-bond donors (Lipinski definition) is 2. The first-order valence-corrected chi connectivity index (χ1v) is 11.0. The van der Waals surface area contributed by atoms with Crippen molar-refractivity contribution in [2.24, 2.45) is 34.5 Å². The summed E-state index contributed by atoms with van der Waals surface area (Å²) in [6.07, 6.45) is 5.82. The van der Waals surface area contributed by atoms with E-state index in [1.54, 1.807) is 0 Å². The number of carboxylic acid groups (broad SMARTS) is 1. The van der Waals surface area contributed by atoms with Crippen molar-refractivity contribution in [2.75, 3.05) is 0 Å². The van der Waals surface area contributed by atoms with Gasteiger partial charge in [0.2, 0.25) is 5.91 Å². The molecule has 3 fully saturated rings. The molecule has 0 heterocycles. The summed E-state index contributed by atoms with van der Waals surface area (Å²) in [5, 5.41) is 12.4. The molecule has 0 aromatic carbocycles. The summed E-state index contributed by atoms with van der Waals surface area (Å²) in [5.74, 6) is 0.796. The Kier molecular flexibility index (Phi) is 5.44. The lowest BCUT2D eigenvalue weighted by molar-refractivity contribution is -0.150. The highest BCUT2D eigenvalue weighted by Crippen LogP contribution is 2.64. The van der Waals surface area contributed by atoms with E-state index in [-0.39, 0.29) is 40.9 Å². The molecule has 6 atom stereocenters. The molecule has 0 aromatic heterocycles. The molecule has 28 heavy (non-hydrogen) atoms. The molecular formula is C23H37NO4. The minimum Gasteiger partial charge on any atom is -0.481 e. The quantitative estimate of drug-likeness (QED) is 0.752. The number of aliphatic carboxylic acids is 1. The number of carbonyl (C=O) groups is 3. The molecule has 0 saturated heterocycles. The van der Waals surface area contributed by atoms with Crippen LogP contribution in [-0.2, 0) is 14.4 Å². The van der Waals surface area contributed by atoms with Crippen molar-refractivity contribution < 1.29 is 19.5 Å². The van der Waals surface area contributed by atoms with Crippen molar-refractivity contribution >= 4 is 17.7 Å². The molecule has 158 valence electrons. The number of carbonyl (C=O) groups excluding carboxylic acids is 2. The lowest BCUT2D eigenvalue weighted by Crippen LogP contribution is -2.54. The third-order valence-corrected chi connectivity index (χ3v) is 8.27. The van der Waals surface area contributed by atoms with Crippen LogP contribution in [0, 0.1) is 34.5 Å². The summed E-state index contributed by atoms with van der Waals surface area (Å²) < 4.78 is 0. The lowest BCUT2D eigenvalue weighted by Gasteiger charge is -2.55. The molecule has 3 aliphatic rings. The predicted molar refractivity (Wildman–Crippen MR) is 108 cm³/mol. The molecule has 0 unspecified atom stereocenters. The Morgan fingerprint density at radius 2 is 1.79 bits per heavy atom. The van der Waals surface area contributed by atoms with Crippen molar-refractivity contribution in [2.45, 2.75) is 91.5 Å². The van der Waals surface area contributed by atoms with Gasteiger partial charge in [-0.25, -0.2) is 0 Å². The van der Waals surface area contributed by atoms with Gasteiger partial charge in [-0.15, -0.1) is 0 Å². The van der Waals surface area contributed by atoms with Gasteiger partial charge in [-0.1, -0.05) is 13.8 Å². The van der Waals surface area contributed by atoms with Crippen LogP contribution >= 0.6 is 0 Å². The highest BCUT2D eigenvalue weighted by atomic mass is 16.4. The zero-order valence-corrected chi connectivity index (χ0v) is 18.1. The minimum absolute atomic E-state index is 0.00933. The molecule has 0 radical (unpaired) electrons. The normalized spacial score (nSPS) is 40.5. The summed E-state index contributed by atoms with van der Waals surface area (Å²) in [6, 6.07) is 0. The fourth-order valence-corrected chi connectivity index (χ4v) is 6.85. The van der Waals surface area contributed by atoms with Crippen LogP contribution in [0.2, 0.25) is 0 Å². The number of amides is 1. The fourth-order valence-electron chi connectivity index (χ4n) is 6.85. The van der Waals surface area contributed by atoms with Crippen LogP contribution in [-0.4, -0.2) is 28.3 Å². The maximum Gasteiger partial charge on any atom is 0.303 e. The summed E-state index contributed by atoms with van der Waals surface area (Å²) in [5.41, 5.74) is -0.756. The molecular weight excluding hydrogens is 354 g/mol. The Morgan fingerprint density at radius 1 is 1.11 bits per heavy atom. The summed E-state index contributed by atoms with van der Waals surface area (Å²) in [6.45, 7) is 10.4. The van der Waals surface area contributed by atoms with E-state index in [0.717, 1.165) is 32.1 Å². The third kappa shape index (κ3) is 3.61. The van der Waals surface area contributed by atoms with Crippen LogP contribution in [0.25, 0.3) is 0 Å². The zero-order chi connectivity index (χ0) is 20.9. The zero-order valence-electron chi connectivity index (χ0n) is 18.1. The molecule has 3 rings (SSSR count). The monoisotopic (exact) mass is 391 g/mol. The van der Waals surface area contributed by atoms with Crippen LogP contribution in [0.5, 0.6) is 0 Å². The van der Waals surface area contributed by atoms with E-state index < -0.39 is 11.4 Å². The minimum atomic E-state index is -0.823. The molecule has 3 aliphatic carbocycles. The summed E-state index contributed by atoms with van der Waals surface area (Å²) >= 11 is 0. The molecule has 0 bridgehead atoms.